The van der Waals surface area contributed by atoms with E-state index in [1.807, 2.05) is 12.1 Å². The van der Waals surface area contributed by atoms with Crippen molar-refractivity contribution in [2.45, 2.75) is 26.3 Å². The highest BCUT2D eigenvalue weighted by molar-refractivity contribution is 9.10. The average Bonchev–Trinajstić information content (AvgIpc) is 2.29. The maximum Gasteiger partial charge on any atom is 0.124 e. The van der Waals surface area contributed by atoms with Crippen molar-refractivity contribution < 1.29 is 9.57 Å². The predicted octanol–water partition coefficient (Wildman–Crippen LogP) is 3.45. The molecule has 0 saturated carbocycles. The van der Waals surface area contributed by atoms with Gasteiger partial charge in [-0.25, -0.2) is 0 Å². The summed E-state index contributed by atoms with van der Waals surface area (Å²) in [4.78, 5) is 5.51. The molecular weight excluding hydrogens is 282 g/mol. The van der Waals surface area contributed by atoms with Crippen molar-refractivity contribution in [3.05, 3.63) is 28.2 Å². The Balaban J connectivity index is 2.03. The van der Waals surface area contributed by atoms with E-state index in [9.17, 15) is 0 Å². The number of halogens is 1. The summed E-state index contributed by atoms with van der Waals surface area (Å²) in [6.07, 6.45) is 0.932. The smallest absolute Gasteiger partial charge is 0.124 e. The van der Waals surface area contributed by atoms with Crippen LogP contribution >= 0.6 is 15.9 Å². The lowest BCUT2D eigenvalue weighted by atomic mass is 10.0. The first-order valence-corrected chi connectivity index (χ1v) is 6.75. The first-order valence-electron chi connectivity index (χ1n) is 5.96. The summed E-state index contributed by atoms with van der Waals surface area (Å²) in [7, 11) is 0. The second-order valence-corrected chi connectivity index (χ2v) is 5.61. The Bertz CT molecular complexity index is 382. The third-order valence-electron chi connectivity index (χ3n) is 2.65. The first kappa shape index (κ1) is 12.9. The second-order valence-electron chi connectivity index (χ2n) is 4.69. The molecule has 1 aliphatic heterocycles. The van der Waals surface area contributed by atoms with Crippen molar-refractivity contribution in [2.75, 3.05) is 13.2 Å². The molecule has 0 fully saturated rings. The minimum Gasteiger partial charge on any atom is -0.493 e. The van der Waals surface area contributed by atoms with Gasteiger partial charge < -0.3 is 9.57 Å². The van der Waals surface area contributed by atoms with Gasteiger partial charge in [0.05, 0.1) is 19.3 Å². The molecule has 0 bridgehead atoms. The Labute approximate surface area is 111 Å². The van der Waals surface area contributed by atoms with E-state index >= 15 is 0 Å². The van der Waals surface area contributed by atoms with Gasteiger partial charge in [0, 0.05) is 16.5 Å². The summed E-state index contributed by atoms with van der Waals surface area (Å²) in [6, 6.07) is 6.30. The molecule has 17 heavy (non-hydrogen) atoms. The molecule has 0 saturated heterocycles. The van der Waals surface area contributed by atoms with E-state index in [-0.39, 0.29) is 6.04 Å². The maximum atomic E-state index is 5.62. The Hall–Kier alpha value is -0.580. The molecule has 1 atom stereocenters. The molecule has 0 radical (unpaired) electrons. The summed E-state index contributed by atoms with van der Waals surface area (Å²) in [5.74, 6) is 1.48. The van der Waals surface area contributed by atoms with Crippen LogP contribution in [0.25, 0.3) is 0 Å². The molecule has 1 aromatic carbocycles. The molecule has 4 heteroatoms. The Kier molecular flexibility index (Phi) is 4.42. The molecule has 94 valence electrons. The van der Waals surface area contributed by atoms with Crippen molar-refractivity contribution in [3.8, 4) is 5.75 Å². The Morgan fingerprint density at radius 2 is 2.35 bits per heavy atom. The van der Waals surface area contributed by atoms with Crippen LogP contribution in [0.5, 0.6) is 5.75 Å². The van der Waals surface area contributed by atoms with E-state index in [0.29, 0.717) is 5.92 Å². The largest absolute Gasteiger partial charge is 0.493 e. The van der Waals surface area contributed by atoms with E-state index in [0.717, 1.165) is 35.4 Å². The molecular formula is C13H18BrNO2. The minimum atomic E-state index is 0.218. The summed E-state index contributed by atoms with van der Waals surface area (Å²) in [5.41, 5.74) is 4.30. The van der Waals surface area contributed by atoms with Gasteiger partial charge in [-0.2, -0.15) is 5.48 Å². The van der Waals surface area contributed by atoms with Crippen LogP contribution in [0.2, 0.25) is 0 Å². The van der Waals surface area contributed by atoms with Gasteiger partial charge in [-0.05, 0) is 24.1 Å². The highest BCUT2D eigenvalue weighted by Crippen LogP contribution is 2.33. The van der Waals surface area contributed by atoms with Crippen LogP contribution in [0, 0.1) is 5.92 Å². The van der Waals surface area contributed by atoms with Crippen LogP contribution in [-0.4, -0.2) is 13.2 Å². The maximum absolute atomic E-state index is 5.62. The van der Waals surface area contributed by atoms with Crippen LogP contribution in [0.15, 0.2) is 22.7 Å². The van der Waals surface area contributed by atoms with Crippen molar-refractivity contribution in [1.82, 2.24) is 5.48 Å². The van der Waals surface area contributed by atoms with E-state index in [1.54, 1.807) is 0 Å². The lowest BCUT2D eigenvalue weighted by molar-refractivity contribution is -0.00812. The van der Waals surface area contributed by atoms with E-state index in [4.69, 9.17) is 9.57 Å². The number of ether oxygens (including phenoxy) is 1. The van der Waals surface area contributed by atoms with Crippen LogP contribution < -0.4 is 10.2 Å². The average molecular weight is 300 g/mol. The number of benzene rings is 1. The molecule has 3 nitrogen and oxygen atoms in total. The number of hydroxylamine groups is 1. The quantitative estimate of drug-likeness (QED) is 0.864. The van der Waals surface area contributed by atoms with Gasteiger partial charge in [-0.1, -0.05) is 29.8 Å². The number of fused-ring (bicyclic) bond motifs is 1. The van der Waals surface area contributed by atoms with Crippen molar-refractivity contribution in [1.29, 1.82) is 0 Å². The fourth-order valence-electron chi connectivity index (χ4n) is 1.80. The third kappa shape index (κ3) is 3.44. The van der Waals surface area contributed by atoms with Crippen LogP contribution in [0.4, 0.5) is 0 Å². The van der Waals surface area contributed by atoms with Crippen LogP contribution in [0.1, 0.15) is 31.9 Å². The normalized spacial score (nSPS) is 18.9. The number of nitrogens with one attached hydrogen (secondary N) is 1. The summed E-state index contributed by atoms with van der Waals surface area (Å²) in [5, 5.41) is 0. The number of rotatable bonds is 4. The summed E-state index contributed by atoms with van der Waals surface area (Å²) < 4.78 is 6.69. The fourth-order valence-corrected chi connectivity index (χ4v) is 2.18. The monoisotopic (exact) mass is 299 g/mol. The van der Waals surface area contributed by atoms with Gasteiger partial charge in [0.1, 0.15) is 5.75 Å². The van der Waals surface area contributed by atoms with E-state index < -0.39 is 0 Å². The zero-order valence-electron chi connectivity index (χ0n) is 10.2. The van der Waals surface area contributed by atoms with Crippen LogP contribution in [0.3, 0.4) is 0 Å². The minimum absolute atomic E-state index is 0.218. The molecule has 0 aliphatic carbocycles. The molecule has 1 unspecified atom stereocenters. The van der Waals surface area contributed by atoms with E-state index in [2.05, 4.69) is 41.3 Å². The lowest BCUT2D eigenvalue weighted by Gasteiger charge is -2.26. The highest BCUT2D eigenvalue weighted by Gasteiger charge is 2.21. The molecule has 1 aliphatic rings. The van der Waals surface area contributed by atoms with Gasteiger partial charge >= 0.3 is 0 Å². The highest BCUT2D eigenvalue weighted by atomic mass is 79.9. The summed E-state index contributed by atoms with van der Waals surface area (Å²) >= 11 is 3.49. The van der Waals surface area contributed by atoms with Gasteiger partial charge in [0.2, 0.25) is 0 Å². The molecule has 0 spiro atoms. The molecule has 2 rings (SSSR count). The molecule has 0 aromatic heterocycles. The third-order valence-corrected chi connectivity index (χ3v) is 3.15. The standard InChI is InChI=1S/C13H18BrNO2/c1-9(2)8-17-15-12-5-6-16-13-4-3-10(14)7-11(12)13/h3-4,7,9,12,15H,5-6,8H2,1-2H3. The Morgan fingerprint density at radius 3 is 3.12 bits per heavy atom. The number of hydrogen-bond acceptors (Lipinski definition) is 3. The molecule has 0 amide bonds. The topological polar surface area (TPSA) is 30.5 Å². The van der Waals surface area contributed by atoms with Crippen LogP contribution in [-0.2, 0) is 4.84 Å². The van der Waals surface area contributed by atoms with Gasteiger partial charge in [-0.15, -0.1) is 0 Å². The van der Waals surface area contributed by atoms with Gasteiger partial charge in [0.15, 0.2) is 0 Å². The van der Waals surface area contributed by atoms with Crippen molar-refractivity contribution in [3.63, 3.8) is 0 Å². The second kappa shape index (κ2) is 5.85. The van der Waals surface area contributed by atoms with Gasteiger partial charge in [-0.3, -0.25) is 0 Å². The first-order chi connectivity index (χ1) is 8.16. The van der Waals surface area contributed by atoms with E-state index in [1.165, 1.54) is 0 Å². The zero-order valence-corrected chi connectivity index (χ0v) is 11.8. The summed E-state index contributed by atoms with van der Waals surface area (Å²) in [6.45, 7) is 5.73. The van der Waals surface area contributed by atoms with Gasteiger partial charge in [0.25, 0.3) is 0 Å². The predicted molar refractivity (Wildman–Crippen MR) is 70.9 cm³/mol. The SMILES string of the molecule is CC(C)CONC1CCOc2ccc(Br)cc21. The molecule has 1 heterocycles. The lowest BCUT2D eigenvalue weighted by Crippen LogP contribution is -2.28. The zero-order chi connectivity index (χ0) is 12.3. The van der Waals surface area contributed by atoms with Crippen molar-refractivity contribution in [2.24, 2.45) is 5.92 Å². The molecule has 1 N–H and O–H groups in total. The van der Waals surface area contributed by atoms with Crippen molar-refractivity contribution >= 4 is 15.9 Å². The Morgan fingerprint density at radius 1 is 1.53 bits per heavy atom. The molecule has 1 aromatic rings. The fraction of sp³-hybridized carbons (Fsp3) is 0.538. The number of hydrogen-bond donors (Lipinski definition) is 1.